The lowest BCUT2D eigenvalue weighted by molar-refractivity contribution is 0.0982. The van der Waals surface area contributed by atoms with Crippen LogP contribution in [0.4, 0.5) is 13.2 Å². The average molecular weight is 286 g/mol. The highest BCUT2D eigenvalue weighted by Crippen LogP contribution is 2.36. The molecule has 2 nitrogen and oxygen atoms in total. The Labute approximate surface area is 117 Å². The normalized spacial score (nSPS) is 20.9. The fraction of sp³-hybridized carbons (Fsp3) is 0.600. The van der Waals surface area contributed by atoms with E-state index < -0.39 is 29.0 Å². The Bertz CT molecular complexity index is 486. The number of halogens is 3. The standard InChI is InChI=1S/C15H21F3N2/c1-3-15(2,20-8-4-5-9-20)14(19)10-6-7-11(16)13(18)12(10)17/h6-7,14H,3-5,8-9,19H2,1-2H3. The van der Waals surface area contributed by atoms with Crippen LogP contribution in [0.5, 0.6) is 0 Å². The van der Waals surface area contributed by atoms with Crippen LogP contribution in [-0.2, 0) is 0 Å². The molecule has 1 heterocycles. The third-order valence-corrected chi connectivity index (χ3v) is 4.61. The molecule has 2 unspecified atom stereocenters. The molecule has 2 atom stereocenters. The van der Waals surface area contributed by atoms with E-state index in [9.17, 15) is 13.2 Å². The lowest BCUT2D eigenvalue weighted by Gasteiger charge is -2.43. The molecule has 0 spiro atoms. The minimum absolute atomic E-state index is 0.0418. The minimum atomic E-state index is -1.45. The van der Waals surface area contributed by atoms with E-state index in [1.807, 2.05) is 13.8 Å². The third kappa shape index (κ3) is 2.44. The van der Waals surface area contributed by atoms with E-state index in [0.29, 0.717) is 6.42 Å². The summed E-state index contributed by atoms with van der Waals surface area (Å²) in [6.07, 6.45) is 2.89. The zero-order chi connectivity index (χ0) is 14.9. The number of nitrogens with two attached hydrogens (primary N) is 1. The summed E-state index contributed by atoms with van der Waals surface area (Å²) >= 11 is 0. The smallest absolute Gasteiger partial charge is 0.194 e. The fourth-order valence-corrected chi connectivity index (χ4v) is 2.98. The molecule has 1 fully saturated rings. The van der Waals surface area contributed by atoms with E-state index in [-0.39, 0.29) is 5.56 Å². The second kappa shape index (κ2) is 5.74. The molecular formula is C15H21F3N2. The van der Waals surface area contributed by atoms with Crippen LogP contribution in [-0.4, -0.2) is 23.5 Å². The molecule has 0 aromatic heterocycles. The maximum atomic E-state index is 14.0. The number of likely N-dealkylation sites (tertiary alicyclic amines) is 1. The topological polar surface area (TPSA) is 29.3 Å². The molecule has 1 aromatic carbocycles. The molecule has 20 heavy (non-hydrogen) atoms. The molecule has 0 aliphatic carbocycles. The number of hydrogen-bond acceptors (Lipinski definition) is 2. The quantitative estimate of drug-likeness (QED) is 0.860. The Morgan fingerprint density at radius 3 is 2.35 bits per heavy atom. The summed E-state index contributed by atoms with van der Waals surface area (Å²) in [7, 11) is 0. The Morgan fingerprint density at radius 1 is 1.20 bits per heavy atom. The van der Waals surface area contributed by atoms with Gasteiger partial charge in [0.15, 0.2) is 17.5 Å². The van der Waals surface area contributed by atoms with Crippen LogP contribution in [0.2, 0.25) is 0 Å². The molecule has 1 aliphatic rings. The van der Waals surface area contributed by atoms with Crippen molar-refractivity contribution < 1.29 is 13.2 Å². The number of rotatable bonds is 4. The highest BCUT2D eigenvalue weighted by atomic mass is 19.2. The minimum Gasteiger partial charge on any atom is -0.322 e. The number of hydrogen-bond donors (Lipinski definition) is 1. The SMILES string of the molecule is CCC(C)(C(N)c1ccc(F)c(F)c1F)N1CCCC1. The Morgan fingerprint density at radius 2 is 1.80 bits per heavy atom. The summed E-state index contributed by atoms with van der Waals surface area (Å²) in [6, 6.07) is 1.50. The summed E-state index contributed by atoms with van der Waals surface area (Å²) in [6.45, 7) is 5.76. The van der Waals surface area contributed by atoms with Crippen molar-refractivity contribution in [1.29, 1.82) is 0 Å². The average Bonchev–Trinajstić information content (AvgIpc) is 2.98. The molecule has 5 heteroatoms. The van der Waals surface area contributed by atoms with E-state index in [0.717, 1.165) is 32.0 Å². The van der Waals surface area contributed by atoms with E-state index in [2.05, 4.69) is 4.90 Å². The van der Waals surface area contributed by atoms with Crippen molar-refractivity contribution in [3.05, 3.63) is 35.1 Å². The molecule has 1 aliphatic heterocycles. The van der Waals surface area contributed by atoms with E-state index >= 15 is 0 Å². The highest BCUT2D eigenvalue weighted by molar-refractivity contribution is 5.26. The van der Waals surface area contributed by atoms with Gasteiger partial charge in [-0.05, 0) is 45.3 Å². The predicted molar refractivity (Wildman–Crippen MR) is 72.7 cm³/mol. The van der Waals surface area contributed by atoms with Gasteiger partial charge in [0, 0.05) is 11.1 Å². The largest absolute Gasteiger partial charge is 0.322 e. The van der Waals surface area contributed by atoms with Crippen molar-refractivity contribution in [2.24, 2.45) is 5.73 Å². The van der Waals surface area contributed by atoms with Crippen molar-refractivity contribution >= 4 is 0 Å². The van der Waals surface area contributed by atoms with Crippen molar-refractivity contribution in [3.8, 4) is 0 Å². The molecule has 0 bridgehead atoms. The van der Waals surface area contributed by atoms with Gasteiger partial charge >= 0.3 is 0 Å². The zero-order valence-corrected chi connectivity index (χ0v) is 11.9. The molecule has 2 rings (SSSR count). The van der Waals surface area contributed by atoms with Crippen LogP contribution in [0.25, 0.3) is 0 Å². The van der Waals surface area contributed by atoms with Gasteiger partial charge in [0.25, 0.3) is 0 Å². The first kappa shape index (κ1) is 15.3. The molecule has 0 saturated carbocycles. The van der Waals surface area contributed by atoms with Crippen LogP contribution in [0.1, 0.15) is 44.7 Å². The van der Waals surface area contributed by atoms with Crippen LogP contribution < -0.4 is 5.73 Å². The van der Waals surface area contributed by atoms with Crippen LogP contribution in [0, 0.1) is 17.5 Å². The fourth-order valence-electron chi connectivity index (χ4n) is 2.98. The summed E-state index contributed by atoms with van der Waals surface area (Å²) in [4.78, 5) is 2.22. The second-order valence-electron chi connectivity index (χ2n) is 5.65. The van der Waals surface area contributed by atoms with Gasteiger partial charge in [-0.2, -0.15) is 0 Å². The molecule has 0 radical (unpaired) electrons. The van der Waals surface area contributed by atoms with Crippen LogP contribution in [0.3, 0.4) is 0 Å². The van der Waals surface area contributed by atoms with E-state index in [4.69, 9.17) is 5.73 Å². The van der Waals surface area contributed by atoms with Crippen molar-refractivity contribution in [1.82, 2.24) is 4.90 Å². The van der Waals surface area contributed by atoms with Gasteiger partial charge in [-0.3, -0.25) is 4.90 Å². The first-order valence-corrected chi connectivity index (χ1v) is 7.06. The second-order valence-corrected chi connectivity index (χ2v) is 5.65. The van der Waals surface area contributed by atoms with Crippen LogP contribution in [0.15, 0.2) is 12.1 Å². The molecule has 1 aromatic rings. The number of nitrogens with zero attached hydrogens (tertiary/aromatic N) is 1. The number of benzene rings is 1. The third-order valence-electron chi connectivity index (χ3n) is 4.61. The highest BCUT2D eigenvalue weighted by Gasteiger charge is 2.39. The first-order valence-electron chi connectivity index (χ1n) is 7.06. The zero-order valence-electron chi connectivity index (χ0n) is 11.9. The van der Waals surface area contributed by atoms with Gasteiger partial charge in [0.1, 0.15) is 0 Å². The lowest BCUT2D eigenvalue weighted by atomic mass is 9.83. The van der Waals surface area contributed by atoms with Gasteiger partial charge in [-0.1, -0.05) is 13.0 Å². The summed E-state index contributed by atoms with van der Waals surface area (Å²) in [5.74, 6) is -3.80. The van der Waals surface area contributed by atoms with Gasteiger partial charge in [0.2, 0.25) is 0 Å². The maximum absolute atomic E-state index is 14.0. The van der Waals surface area contributed by atoms with E-state index in [1.54, 1.807) is 0 Å². The molecule has 0 amide bonds. The Balaban J connectivity index is 2.38. The van der Waals surface area contributed by atoms with Crippen molar-refractivity contribution in [3.63, 3.8) is 0 Å². The molecule has 112 valence electrons. The molecule has 1 saturated heterocycles. The van der Waals surface area contributed by atoms with Gasteiger partial charge < -0.3 is 5.73 Å². The van der Waals surface area contributed by atoms with Gasteiger partial charge in [0.05, 0.1) is 6.04 Å². The Hall–Kier alpha value is -1.07. The molecular weight excluding hydrogens is 265 g/mol. The monoisotopic (exact) mass is 286 g/mol. The van der Waals surface area contributed by atoms with Gasteiger partial charge in [-0.25, -0.2) is 13.2 Å². The van der Waals surface area contributed by atoms with E-state index in [1.165, 1.54) is 6.07 Å². The van der Waals surface area contributed by atoms with Crippen molar-refractivity contribution in [2.75, 3.05) is 13.1 Å². The summed E-state index contributed by atoms with van der Waals surface area (Å²) < 4.78 is 40.4. The predicted octanol–water partition coefficient (Wildman–Crippen LogP) is 3.37. The maximum Gasteiger partial charge on any atom is 0.194 e. The first-order chi connectivity index (χ1) is 9.41. The lowest BCUT2D eigenvalue weighted by Crippen LogP contribution is -2.52. The van der Waals surface area contributed by atoms with Crippen molar-refractivity contribution in [2.45, 2.75) is 44.7 Å². The Kier molecular flexibility index (Phi) is 4.39. The van der Waals surface area contributed by atoms with Crippen LogP contribution >= 0.6 is 0 Å². The summed E-state index contributed by atoms with van der Waals surface area (Å²) in [5, 5.41) is 0. The van der Waals surface area contributed by atoms with Gasteiger partial charge in [-0.15, -0.1) is 0 Å². The molecule has 2 N–H and O–H groups in total. The summed E-state index contributed by atoms with van der Waals surface area (Å²) in [5.41, 5.74) is 5.80.